The summed E-state index contributed by atoms with van der Waals surface area (Å²) in [5, 5.41) is 20.8. The van der Waals surface area contributed by atoms with Crippen LogP contribution in [0.1, 0.15) is 10.6 Å². The summed E-state index contributed by atoms with van der Waals surface area (Å²) in [5.74, 6) is -1.35. The number of nitro groups is 1. The highest BCUT2D eigenvalue weighted by molar-refractivity contribution is 6.30. The molecular weight excluding hydrogens is 328 g/mol. The van der Waals surface area contributed by atoms with E-state index in [0.717, 1.165) is 6.07 Å². The third-order valence-corrected chi connectivity index (χ3v) is 2.98. The first kappa shape index (κ1) is 14.7. The third-order valence-electron chi connectivity index (χ3n) is 2.73. The van der Waals surface area contributed by atoms with Gasteiger partial charge in [0.05, 0.1) is 6.07 Å². The van der Waals surface area contributed by atoms with E-state index in [1.807, 2.05) is 0 Å². The molecule has 0 atom stereocenters. The van der Waals surface area contributed by atoms with Crippen LogP contribution in [-0.4, -0.2) is 21.0 Å². The summed E-state index contributed by atoms with van der Waals surface area (Å²) < 4.78 is 10.1. The van der Waals surface area contributed by atoms with Crippen LogP contribution in [0.3, 0.4) is 0 Å². The summed E-state index contributed by atoms with van der Waals surface area (Å²) in [6.45, 7) is 0. The molecule has 0 saturated carbocycles. The lowest BCUT2D eigenvalue weighted by Crippen LogP contribution is -2.11. The molecule has 10 heteroatoms. The molecule has 0 radical (unpaired) electrons. The van der Waals surface area contributed by atoms with Gasteiger partial charge in [-0.3, -0.25) is 20.2 Å². The first-order valence-corrected chi connectivity index (χ1v) is 6.56. The van der Waals surface area contributed by atoms with Crippen LogP contribution in [0, 0.1) is 10.1 Å². The number of furan rings is 1. The fourth-order valence-electron chi connectivity index (χ4n) is 1.69. The Kier molecular flexibility index (Phi) is 3.77. The zero-order valence-electron chi connectivity index (χ0n) is 11.2. The third kappa shape index (κ3) is 3.19. The molecule has 0 bridgehead atoms. The van der Waals surface area contributed by atoms with Crippen molar-refractivity contribution in [1.82, 2.24) is 10.2 Å². The highest BCUT2D eigenvalue weighted by Gasteiger charge is 2.19. The monoisotopic (exact) mass is 334 g/mol. The van der Waals surface area contributed by atoms with Crippen LogP contribution in [0.2, 0.25) is 5.02 Å². The van der Waals surface area contributed by atoms with Gasteiger partial charge in [-0.25, -0.2) is 0 Å². The minimum Gasteiger partial charge on any atom is -0.403 e. The number of nitrogens with zero attached hydrogens (tertiary/aromatic N) is 3. The summed E-state index contributed by atoms with van der Waals surface area (Å²) in [7, 11) is 0. The molecule has 23 heavy (non-hydrogen) atoms. The standard InChI is InChI=1S/C13H7ClN4O5/c14-8-3-1-7(2-4-8)12-16-17-13(23-12)15-11(19)9-5-6-10(22-9)18(20)21/h1-6H,(H,15,17,19). The Morgan fingerprint density at radius 3 is 2.52 bits per heavy atom. The number of hydrogen-bond acceptors (Lipinski definition) is 7. The van der Waals surface area contributed by atoms with Crippen molar-refractivity contribution in [2.75, 3.05) is 5.32 Å². The fraction of sp³-hybridized carbons (Fsp3) is 0. The summed E-state index contributed by atoms with van der Waals surface area (Å²) in [6.07, 6.45) is 0. The zero-order chi connectivity index (χ0) is 16.4. The molecular formula is C13H7ClN4O5. The topological polar surface area (TPSA) is 124 Å². The van der Waals surface area contributed by atoms with Crippen molar-refractivity contribution in [1.29, 1.82) is 0 Å². The van der Waals surface area contributed by atoms with E-state index in [0.29, 0.717) is 10.6 Å². The van der Waals surface area contributed by atoms with Gasteiger partial charge in [-0.2, -0.15) is 0 Å². The Labute approximate surface area is 133 Å². The lowest BCUT2D eigenvalue weighted by atomic mass is 10.2. The minimum absolute atomic E-state index is 0.168. The highest BCUT2D eigenvalue weighted by atomic mass is 35.5. The molecule has 0 spiro atoms. The molecule has 0 fully saturated rings. The highest BCUT2D eigenvalue weighted by Crippen LogP contribution is 2.22. The van der Waals surface area contributed by atoms with Gasteiger partial charge < -0.3 is 8.83 Å². The second-order valence-corrected chi connectivity index (χ2v) is 4.70. The molecule has 9 nitrogen and oxygen atoms in total. The smallest absolute Gasteiger partial charge is 0.403 e. The van der Waals surface area contributed by atoms with Crippen LogP contribution in [0.25, 0.3) is 11.5 Å². The lowest BCUT2D eigenvalue weighted by molar-refractivity contribution is -0.402. The molecule has 3 aromatic rings. The summed E-state index contributed by atoms with van der Waals surface area (Å²) >= 11 is 5.78. The Balaban J connectivity index is 1.74. The van der Waals surface area contributed by atoms with Crippen molar-refractivity contribution in [3.8, 4) is 11.5 Å². The average molecular weight is 335 g/mol. The van der Waals surface area contributed by atoms with Gasteiger partial charge in [-0.15, -0.1) is 5.10 Å². The summed E-state index contributed by atoms with van der Waals surface area (Å²) in [5.41, 5.74) is 0.621. The SMILES string of the molecule is O=C(Nc1nnc(-c2ccc(Cl)cc2)o1)c1ccc([N+](=O)[O-])o1. The van der Waals surface area contributed by atoms with E-state index >= 15 is 0 Å². The van der Waals surface area contributed by atoms with Crippen LogP contribution < -0.4 is 5.32 Å². The summed E-state index contributed by atoms with van der Waals surface area (Å²) in [4.78, 5) is 21.6. The predicted molar refractivity (Wildman–Crippen MR) is 78.1 cm³/mol. The van der Waals surface area contributed by atoms with Gasteiger partial charge in [-0.05, 0) is 30.3 Å². The number of carbonyl (C=O) groups is 1. The molecule has 1 N–H and O–H groups in total. The first-order chi connectivity index (χ1) is 11.0. The number of halogens is 1. The van der Waals surface area contributed by atoms with Crippen LogP contribution in [-0.2, 0) is 0 Å². The van der Waals surface area contributed by atoms with E-state index in [2.05, 4.69) is 15.5 Å². The number of anilines is 1. The first-order valence-electron chi connectivity index (χ1n) is 6.18. The second kappa shape index (κ2) is 5.89. The Hall–Kier alpha value is -3.20. The van der Waals surface area contributed by atoms with Gasteiger partial charge in [0.1, 0.15) is 4.92 Å². The van der Waals surface area contributed by atoms with Gasteiger partial charge in [0.2, 0.25) is 5.89 Å². The van der Waals surface area contributed by atoms with Crippen LogP contribution in [0.5, 0.6) is 0 Å². The predicted octanol–water partition coefficient (Wildman–Crippen LogP) is 3.14. The van der Waals surface area contributed by atoms with E-state index in [1.54, 1.807) is 24.3 Å². The van der Waals surface area contributed by atoms with Gasteiger partial charge >= 0.3 is 11.9 Å². The maximum Gasteiger partial charge on any atom is 0.433 e. The molecule has 1 aromatic carbocycles. The van der Waals surface area contributed by atoms with Crippen LogP contribution in [0.15, 0.2) is 45.2 Å². The van der Waals surface area contributed by atoms with Gasteiger partial charge in [-0.1, -0.05) is 16.7 Å². The maximum atomic E-state index is 11.9. The molecule has 1 amide bonds. The Bertz CT molecular complexity index is 871. The Morgan fingerprint density at radius 2 is 1.87 bits per heavy atom. The molecule has 0 aliphatic heterocycles. The van der Waals surface area contributed by atoms with Gasteiger partial charge in [0, 0.05) is 10.6 Å². The Morgan fingerprint density at radius 1 is 1.13 bits per heavy atom. The van der Waals surface area contributed by atoms with Crippen LogP contribution >= 0.6 is 11.6 Å². The number of benzene rings is 1. The molecule has 2 heterocycles. The van der Waals surface area contributed by atoms with E-state index < -0.39 is 16.7 Å². The largest absolute Gasteiger partial charge is 0.433 e. The molecule has 0 aliphatic rings. The van der Waals surface area contributed by atoms with Crippen molar-refractivity contribution in [2.45, 2.75) is 0 Å². The molecule has 2 aromatic heterocycles. The quantitative estimate of drug-likeness (QED) is 0.573. The van der Waals surface area contributed by atoms with E-state index in [1.165, 1.54) is 6.07 Å². The molecule has 3 rings (SSSR count). The number of carbonyl (C=O) groups excluding carboxylic acids is 1. The zero-order valence-corrected chi connectivity index (χ0v) is 12.0. The molecule has 0 aliphatic carbocycles. The number of aromatic nitrogens is 2. The average Bonchev–Trinajstić information content (AvgIpc) is 3.17. The molecule has 116 valence electrons. The fourth-order valence-corrected chi connectivity index (χ4v) is 1.82. The molecule has 0 saturated heterocycles. The number of hydrogen-bond donors (Lipinski definition) is 1. The van der Waals surface area contributed by atoms with Crippen molar-refractivity contribution in [3.05, 3.63) is 57.3 Å². The maximum absolute atomic E-state index is 11.9. The molecule has 0 unspecified atom stereocenters. The number of rotatable bonds is 4. The minimum atomic E-state index is -0.748. The van der Waals surface area contributed by atoms with Gasteiger partial charge in [0.15, 0.2) is 5.76 Å². The van der Waals surface area contributed by atoms with E-state index in [9.17, 15) is 14.9 Å². The lowest BCUT2D eigenvalue weighted by Gasteiger charge is -1.96. The second-order valence-electron chi connectivity index (χ2n) is 4.27. The number of amides is 1. The van der Waals surface area contributed by atoms with E-state index in [-0.39, 0.29) is 17.7 Å². The van der Waals surface area contributed by atoms with E-state index in [4.69, 9.17) is 20.4 Å². The van der Waals surface area contributed by atoms with Crippen molar-refractivity contribution in [3.63, 3.8) is 0 Å². The number of nitrogens with one attached hydrogen (secondary N) is 1. The van der Waals surface area contributed by atoms with Crippen molar-refractivity contribution < 1.29 is 18.6 Å². The van der Waals surface area contributed by atoms with Crippen molar-refractivity contribution >= 4 is 29.4 Å². The van der Waals surface area contributed by atoms with Gasteiger partial charge in [0.25, 0.3) is 5.91 Å². The summed E-state index contributed by atoms with van der Waals surface area (Å²) in [6, 6.07) is 8.74. The van der Waals surface area contributed by atoms with Crippen molar-refractivity contribution in [2.24, 2.45) is 0 Å². The normalized spacial score (nSPS) is 10.5. The van der Waals surface area contributed by atoms with Crippen LogP contribution in [0.4, 0.5) is 11.9 Å².